The molecule has 0 saturated heterocycles. The van der Waals surface area contributed by atoms with Crippen LogP contribution in [0.4, 0.5) is 5.69 Å². The van der Waals surface area contributed by atoms with Gasteiger partial charge in [-0.25, -0.2) is 4.79 Å². The van der Waals surface area contributed by atoms with Crippen molar-refractivity contribution in [1.82, 2.24) is 4.98 Å². The Balaban J connectivity index is 2.99. The second-order valence-corrected chi connectivity index (χ2v) is 2.55. The number of carbonyl (C=O) groups excluding carboxylic acids is 1. The summed E-state index contributed by atoms with van der Waals surface area (Å²) in [6.07, 6.45) is 4.95. The van der Waals surface area contributed by atoms with E-state index >= 15 is 0 Å². The molecule has 1 rings (SSSR count). The first-order valence-electron chi connectivity index (χ1n) is 3.99. The fraction of sp³-hybridized carbons (Fsp3) is 0.111. The Morgan fingerprint density at radius 3 is 3.00 bits per heavy atom. The molecule has 0 bridgehead atoms. The maximum absolute atomic E-state index is 10.8. The summed E-state index contributed by atoms with van der Waals surface area (Å²) in [7, 11) is 1.23. The van der Waals surface area contributed by atoms with Crippen molar-refractivity contribution in [3.63, 3.8) is 0 Å². The Morgan fingerprint density at radius 1 is 1.67 bits per heavy atom. The first kappa shape index (κ1) is 10.8. The van der Waals surface area contributed by atoms with Gasteiger partial charge in [-0.05, 0) is 12.1 Å². The molecule has 0 aromatic carbocycles. The molecular weight excluding hydrogens is 200 g/mol. The number of hydrogen-bond acceptors (Lipinski definition) is 5. The second-order valence-electron chi connectivity index (χ2n) is 2.55. The molecule has 0 aliphatic carbocycles. The number of rotatable bonds is 3. The van der Waals surface area contributed by atoms with Gasteiger partial charge in [-0.2, -0.15) is 0 Å². The number of methoxy groups -OCH3 is 1. The zero-order valence-electron chi connectivity index (χ0n) is 7.91. The van der Waals surface area contributed by atoms with E-state index in [1.54, 1.807) is 0 Å². The zero-order valence-corrected chi connectivity index (χ0v) is 7.91. The highest BCUT2D eigenvalue weighted by atomic mass is 16.6. The number of nitrogens with zero attached hydrogens (tertiary/aromatic N) is 2. The molecule has 6 heteroatoms. The maximum Gasteiger partial charge on any atom is 0.330 e. The molecule has 0 radical (unpaired) electrons. The molecule has 0 atom stereocenters. The lowest BCUT2D eigenvalue weighted by Gasteiger charge is -1.95. The maximum atomic E-state index is 10.8. The molecule has 6 nitrogen and oxygen atoms in total. The summed E-state index contributed by atoms with van der Waals surface area (Å²) in [5.74, 6) is -0.568. The number of carbonyl (C=O) groups is 1. The fourth-order valence-corrected chi connectivity index (χ4v) is 0.916. The van der Waals surface area contributed by atoms with Crippen molar-refractivity contribution in [3.8, 4) is 0 Å². The van der Waals surface area contributed by atoms with Crippen LogP contribution in [0.1, 0.15) is 5.56 Å². The summed E-state index contributed by atoms with van der Waals surface area (Å²) < 4.78 is 4.36. The normalized spacial score (nSPS) is 10.2. The van der Waals surface area contributed by atoms with Crippen LogP contribution in [0.2, 0.25) is 0 Å². The molecule has 78 valence electrons. The van der Waals surface area contributed by atoms with E-state index in [1.807, 2.05) is 0 Å². The molecule has 0 unspecified atom stereocenters. The van der Waals surface area contributed by atoms with Gasteiger partial charge in [0, 0.05) is 12.3 Å². The Bertz CT molecular complexity index is 414. The molecule has 0 amide bonds. The van der Waals surface area contributed by atoms with Crippen molar-refractivity contribution in [2.45, 2.75) is 0 Å². The molecule has 15 heavy (non-hydrogen) atoms. The fourth-order valence-electron chi connectivity index (χ4n) is 0.916. The van der Waals surface area contributed by atoms with E-state index in [-0.39, 0.29) is 5.69 Å². The van der Waals surface area contributed by atoms with E-state index in [9.17, 15) is 14.9 Å². The SMILES string of the molecule is COC(=O)C=Cc1ccncc1[N+](=O)[O-]. The number of pyridine rings is 1. The summed E-state index contributed by atoms with van der Waals surface area (Å²) in [5.41, 5.74) is 0.151. The number of aromatic nitrogens is 1. The molecule has 0 spiro atoms. The van der Waals surface area contributed by atoms with Crippen LogP contribution in [0.5, 0.6) is 0 Å². The number of hydrogen-bond donors (Lipinski definition) is 0. The summed E-state index contributed by atoms with van der Waals surface area (Å²) in [6, 6.07) is 1.44. The predicted octanol–water partition coefficient (Wildman–Crippen LogP) is 1.18. The van der Waals surface area contributed by atoms with E-state index in [4.69, 9.17) is 0 Å². The van der Waals surface area contributed by atoms with Gasteiger partial charge < -0.3 is 4.74 Å². The van der Waals surface area contributed by atoms with Crippen LogP contribution in [0.3, 0.4) is 0 Å². The number of esters is 1. The minimum Gasteiger partial charge on any atom is -0.466 e. The first-order valence-corrected chi connectivity index (χ1v) is 3.99. The first-order chi connectivity index (χ1) is 7.15. The quantitative estimate of drug-likeness (QED) is 0.322. The van der Waals surface area contributed by atoms with Gasteiger partial charge in [0.1, 0.15) is 6.20 Å². The molecule has 1 heterocycles. The minimum atomic E-state index is -0.568. The Morgan fingerprint density at radius 2 is 2.40 bits per heavy atom. The average molecular weight is 208 g/mol. The van der Waals surface area contributed by atoms with E-state index in [1.165, 1.54) is 25.4 Å². The van der Waals surface area contributed by atoms with Gasteiger partial charge >= 0.3 is 5.97 Å². The third-order valence-electron chi connectivity index (χ3n) is 1.63. The summed E-state index contributed by atoms with van der Waals surface area (Å²) in [5, 5.41) is 10.6. The van der Waals surface area contributed by atoms with Gasteiger partial charge in [0.05, 0.1) is 17.6 Å². The standard InChI is InChI=1S/C9H8N2O4/c1-15-9(12)3-2-7-4-5-10-6-8(7)11(13)14/h2-6H,1H3. The third kappa shape index (κ3) is 2.87. The van der Waals surface area contributed by atoms with Gasteiger partial charge in [-0.1, -0.05) is 0 Å². The van der Waals surface area contributed by atoms with Crippen molar-refractivity contribution in [2.24, 2.45) is 0 Å². The molecule has 0 N–H and O–H groups in total. The van der Waals surface area contributed by atoms with E-state index in [2.05, 4.69) is 9.72 Å². The molecule has 0 saturated carbocycles. The summed E-state index contributed by atoms with van der Waals surface area (Å²) in [4.78, 5) is 24.4. The van der Waals surface area contributed by atoms with Crippen molar-refractivity contribution in [3.05, 3.63) is 40.2 Å². The predicted molar refractivity (Wildman–Crippen MR) is 51.9 cm³/mol. The van der Waals surface area contributed by atoms with E-state index < -0.39 is 10.9 Å². The van der Waals surface area contributed by atoms with E-state index in [0.717, 1.165) is 12.3 Å². The van der Waals surface area contributed by atoms with Crippen LogP contribution in [0, 0.1) is 10.1 Å². The lowest BCUT2D eigenvalue weighted by Crippen LogP contribution is -1.95. The van der Waals surface area contributed by atoms with Crippen molar-refractivity contribution in [1.29, 1.82) is 0 Å². The third-order valence-corrected chi connectivity index (χ3v) is 1.63. The zero-order chi connectivity index (χ0) is 11.3. The van der Waals surface area contributed by atoms with Crippen LogP contribution in [0.15, 0.2) is 24.5 Å². The Hall–Kier alpha value is -2.24. The molecule has 0 aliphatic rings. The Kier molecular flexibility index (Phi) is 3.50. The van der Waals surface area contributed by atoms with Gasteiger partial charge in [0.25, 0.3) is 5.69 Å². The molecule has 0 aliphatic heterocycles. The minimum absolute atomic E-state index is 0.155. The molecular formula is C9H8N2O4. The smallest absolute Gasteiger partial charge is 0.330 e. The lowest BCUT2D eigenvalue weighted by atomic mass is 10.2. The van der Waals surface area contributed by atoms with Crippen LogP contribution < -0.4 is 0 Å². The molecule has 1 aromatic rings. The highest BCUT2D eigenvalue weighted by Crippen LogP contribution is 2.17. The summed E-state index contributed by atoms with van der Waals surface area (Å²) >= 11 is 0. The lowest BCUT2D eigenvalue weighted by molar-refractivity contribution is -0.385. The van der Waals surface area contributed by atoms with Crippen molar-refractivity contribution >= 4 is 17.7 Å². The highest BCUT2D eigenvalue weighted by Gasteiger charge is 2.10. The van der Waals surface area contributed by atoms with Crippen LogP contribution in [0.25, 0.3) is 6.08 Å². The number of nitro groups is 1. The summed E-state index contributed by atoms with van der Waals surface area (Å²) in [6.45, 7) is 0. The van der Waals surface area contributed by atoms with Gasteiger partial charge in [-0.15, -0.1) is 0 Å². The van der Waals surface area contributed by atoms with Gasteiger partial charge in [0.2, 0.25) is 0 Å². The average Bonchev–Trinajstić information content (AvgIpc) is 2.26. The second kappa shape index (κ2) is 4.85. The number of ether oxygens (including phenoxy) is 1. The topological polar surface area (TPSA) is 82.3 Å². The van der Waals surface area contributed by atoms with Crippen LogP contribution in [-0.4, -0.2) is 23.0 Å². The molecule has 0 fully saturated rings. The van der Waals surface area contributed by atoms with Gasteiger partial charge in [-0.3, -0.25) is 15.1 Å². The molecule has 1 aromatic heterocycles. The van der Waals surface area contributed by atoms with Gasteiger partial charge in [0.15, 0.2) is 0 Å². The highest BCUT2D eigenvalue weighted by molar-refractivity contribution is 5.87. The van der Waals surface area contributed by atoms with Crippen LogP contribution >= 0.6 is 0 Å². The monoisotopic (exact) mass is 208 g/mol. The Labute approximate surface area is 85.3 Å². The van der Waals surface area contributed by atoms with Crippen molar-refractivity contribution < 1.29 is 14.5 Å². The van der Waals surface area contributed by atoms with Crippen molar-refractivity contribution in [2.75, 3.05) is 7.11 Å². The van der Waals surface area contributed by atoms with Crippen LogP contribution in [-0.2, 0) is 9.53 Å². The largest absolute Gasteiger partial charge is 0.466 e. The van der Waals surface area contributed by atoms with E-state index in [0.29, 0.717) is 5.56 Å².